The van der Waals surface area contributed by atoms with Gasteiger partial charge in [-0.2, -0.15) is 0 Å². The number of benzene rings is 2. The van der Waals surface area contributed by atoms with E-state index in [2.05, 4.69) is 4.98 Å². The summed E-state index contributed by atoms with van der Waals surface area (Å²) in [6.45, 7) is 0.232. The SMILES string of the molecule is CN(Cc1ccccc1F)C(=O)/C=C/c1nc2ccccc2s1. The lowest BCUT2D eigenvalue weighted by Gasteiger charge is -2.15. The highest BCUT2D eigenvalue weighted by molar-refractivity contribution is 7.19. The molecule has 0 radical (unpaired) electrons. The smallest absolute Gasteiger partial charge is 0.246 e. The number of rotatable bonds is 4. The first-order valence-electron chi connectivity index (χ1n) is 7.15. The van der Waals surface area contributed by atoms with Crippen LogP contribution in [0.15, 0.2) is 54.6 Å². The van der Waals surface area contributed by atoms with E-state index in [-0.39, 0.29) is 18.3 Å². The molecular formula is C18H15FN2OS. The van der Waals surface area contributed by atoms with E-state index in [0.29, 0.717) is 5.56 Å². The number of likely N-dealkylation sites (N-methyl/N-ethyl adjacent to an activating group) is 1. The van der Waals surface area contributed by atoms with Crippen LogP contribution >= 0.6 is 11.3 Å². The van der Waals surface area contributed by atoms with Crippen molar-refractivity contribution in [2.24, 2.45) is 0 Å². The summed E-state index contributed by atoms with van der Waals surface area (Å²) in [6.07, 6.45) is 3.17. The maximum atomic E-state index is 13.6. The standard InChI is InChI=1S/C18H15FN2OS/c1-21(12-13-6-2-3-7-14(13)19)18(22)11-10-17-20-15-8-4-5-9-16(15)23-17/h2-11H,12H2,1H3/b11-10+. The molecule has 3 aromatic rings. The Kier molecular flexibility index (Phi) is 4.48. The van der Waals surface area contributed by atoms with Crippen LogP contribution in [0.2, 0.25) is 0 Å². The van der Waals surface area contributed by atoms with Crippen molar-refractivity contribution in [1.82, 2.24) is 9.88 Å². The van der Waals surface area contributed by atoms with Gasteiger partial charge in [0.25, 0.3) is 0 Å². The first kappa shape index (κ1) is 15.4. The zero-order valence-electron chi connectivity index (χ0n) is 12.6. The molecule has 0 aliphatic carbocycles. The molecule has 2 aromatic carbocycles. The molecule has 0 bridgehead atoms. The molecule has 1 heterocycles. The predicted octanol–water partition coefficient (Wildman–Crippen LogP) is 4.11. The maximum absolute atomic E-state index is 13.6. The lowest BCUT2D eigenvalue weighted by Crippen LogP contribution is -2.24. The minimum absolute atomic E-state index is 0.187. The van der Waals surface area contributed by atoms with Crippen molar-refractivity contribution in [3.63, 3.8) is 0 Å². The van der Waals surface area contributed by atoms with Gasteiger partial charge in [-0.3, -0.25) is 4.79 Å². The van der Waals surface area contributed by atoms with Crippen molar-refractivity contribution in [1.29, 1.82) is 0 Å². The van der Waals surface area contributed by atoms with E-state index in [9.17, 15) is 9.18 Å². The number of halogens is 1. The average molecular weight is 326 g/mol. The third kappa shape index (κ3) is 3.63. The summed E-state index contributed by atoms with van der Waals surface area (Å²) in [4.78, 5) is 18.1. The molecular weight excluding hydrogens is 311 g/mol. The molecule has 0 aliphatic heterocycles. The first-order valence-corrected chi connectivity index (χ1v) is 7.97. The lowest BCUT2D eigenvalue weighted by atomic mass is 10.2. The third-order valence-electron chi connectivity index (χ3n) is 3.42. The van der Waals surface area contributed by atoms with Gasteiger partial charge < -0.3 is 4.90 Å². The summed E-state index contributed by atoms with van der Waals surface area (Å²) in [7, 11) is 1.65. The second kappa shape index (κ2) is 6.71. The fourth-order valence-electron chi connectivity index (χ4n) is 2.19. The van der Waals surface area contributed by atoms with Gasteiger partial charge in [0.05, 0.1) is 10.2 Å². The average Bonchev–Trinajstić information content (AvgIpc) is 2.97. The number of hydrogen-bond donors (Lipinski definition) is 0. The molecule has 0 spiro atoms. The molecule has 1 amide bonds. The van der Waals surface area contributed by atoms with Crippen molar-refractivity contribution in [3.05, 3.63) is 71.0 Å². The number of fused-ring (bicyclic) bond motifs is 1. The number of aromatic nitrogens is 1. The quantitative estimate of drug-likeness (QED) is 0.676. The molecule has 3 rings (SSSR count). The van der Waals surface area contributed by atoms with Gasteiger partial charge in [-0.05, 0) is 24.3 Å². The number of para-hydroxylation sites is 1. The monoisotopic (exact) mass is 326 g/mol. The van der Waals surface area contributed by atoms with E-state index in [1.807, 2.05) is 24.3 Å². The molecule has 0 atom stereocenters. The van der Waals surface area contributed by atoms with Crippen LogP contribution < -0.4 is 0 Å². The molecule has 5 heteroatoms. The Hall–Kier alpha value is -2.53. The summed E-state index contributed by atoms with van der Waals surface area (Å²) >= 11 is 1.53. The van der Waals surface area contributed by atoms with Gasteiger partial charge in [0, 0.05) is 25.2 Å². The lowest BCUT2D eigenvalue weighted by molar-refractivity contribution is -0.125. The van der Waals surface area contributed by atoms with Crippen LogP contribution in [0.3, 0.4) is 0 Å². The maximum Gasteiger partial charge on any atom is 0.246 e. The fraction of sp³-hybridized carbons (Fsp3) is 0.111. The summed E-state index contributed by atoms with van der Waals surface area (Å²) in [5.74, 6) is -0.491. The van der Waals surface area contributed by atoms with Gasteiger partial charge in [0.1, 0.15) is 10.8 Å². The van der Waals surface area contributed by atoms with Gasteiger partial charge >= 0.3 is 0 Å². The largest absolute Gasteiger partial charge is 0.338 e. The van der Waals surface area contributed by atoms with Crippen LogP contribution in [0.4, 0.5) is 4.39 Å². The van der Waals surface area contributed by atoms with E-state index in [0.717, 1.165) is 15.2 Å². The minimum atomic E-state index is -0.303. The van der Waals surface area contributed by atoms with Crippen LogP contribution in [-0.4, -0.2) is 22.8 Å². The first-order chi connectivity index (χ1) is 11.1. The summed E-state index contributed by atoms with van der Waals surface area (Å²) in [6, 6.07) is 14.3. The number of nitrogens with zero attached hydrogens (tertiary/aromatic N) is 2. The number of thiazole rings is 1. The van der Waals surface area contributed by atoms with E-state index in [1.165, 1.54) is 28.4 Å². The van der Waals surface area contributed by atoms with Crippen LogP contribution in [0.25, 0.3) is 16.3 Å². The number of hydrogen-bond acceptors (Lipinski definition) is 3. The molecule has 0 unspecified atom stereocenters. The summed E-state index contributed by atoms with van der Waals surface area (Å²) < 4.78 is 14.7. The van der Waals surface area contributed by atoms with Gasteiger partial charge in [-0.15, -0.1) is 11.3 Å². The zero-order chi connectivity index (χ0) is 16.2. The van der Waals surface area contributed by atoms with Crippen molar-refractivity contribution in [2.75, 3.05) is 7.05 Å². The van der Waals surface area contributed by atoms with Crippen LogP contribution in [-0.2, 0) is 11.3 Å². The highest BCUT2D eigenvalue weighted by Crippen LogP contribution is 2.22. The van der Waals surface area contributed by atoms with Crippen LogP contribution in [0.1, 0.15) is 10.6 Å². The van der Waals surface area contributed by atoms with E-state index in [1.54, 1.807) is 31.3 Å². The van der Waals surface area contributed by atoms with Crippen molar-refractivity contribution >= 4 is 33.5 Å². The Balaban J connectivity index is 1.69. The second-order valence-corrected chi connectivity index (χ2v) is 6.20. The normalized spacial score (nSPS) is 11.2. The predicted molar refractivity (Wildman–Crippen MR) is 91.5 cm³/mol. The molecule has 1 aromatic heterocycles. The second-order valence-electron chi connectivity index (χ2n) is 5.14. The van der Waals surface area contributed by atoms with Gasteiger partial charge in [0.15, 0.2) is 0 Å². The van der Waals surface area contributed by atoms with Crippen LogP contribution in [0.5, 0.6) is 0 Å². The third-order valence-corrected chi connectivity index (χ3v) is 4.42. The number of amides is 1. The van der Waals surface area contributed by atoms with Gasteiger partial charge in [-0.1, -0.05) is 30.3 Å². The molecule has 23 heavy (non-hydrogen) atoms. The summed E-state index contributed by atoms with van der Waals surface area (Å²) in [5.41, 5.74) is 1.42. The van der Waals surface area contributed by atoms with Crippen molar-refractivity contribution < 1.29 is 9.18 Å². The highest BCUT2D eigenvalue weighted by Gasteiger charge is 2.09. The fourth-order valence-corrected chi connectivity index (χ4v) is 3.06. The Bertz CT molecular complexity index is 839. The van der Waals surface area contributed by atoms with E-state index >= 15 is 0 Å². The Morgan fingerprint density at radius 1 is 1.22 bits per heavy atom. The molecule has 0 fully saturated rings. The minimum Gasteiger partial charge on any atom is -0.338 e. The molecule has 116 valence electrons. The number of carbonyl (C=O) groups excluding carboxylic acids is 1. The molecule has 0 N–H and O–H groups in total. The topological polar surface area (TPSA) is 33.2 Å². The Morgan fingerprint density at radius 2 is 1.96 bits per heavy atom. The Morgan fingerprint density at radius 3 is 2.74 bits per heavy atom. The zero-order valence-corrected chi connectivity index (χ0v) is 13.4. The van der Waals surface area contributed by atoms with Crippen molar-refractivity contribution in [2.45, 2.75) is 6.54 Å². The number of carbonyl (C=O) groups is 1. The Labute approximate surface area is 137 Å². The van der Waals surface area contributed by atoms with E-state index < -0.39 is 0 Å². The molecule has 0 saturated heterocycles. The van der Waals surface area contributed by atoms with Crippen LogP contribution in [0, 0.1) is 5.82 Å². The van der Waals surface area contributed by atoms with Gasteiger partial charge in [0.2, 0.25) is 5.91 Å². The molecule has 0 saturated carbocycles. The van der Waals surface area contributed by atoms with Gasteiger partial charge in [-0.25, -0.2) is 9.37 Å². The van der Waals surface area contributed by atoms with Crippen molar-refractivity contribution in [3.8, 4) is 0 Å². The molecule has 0 aliphatic rings. The van der Waals surface area contributed by atoms with E-state index in [4.69, 9.17) is 0 Å². The molecule has 3 nitrogen and oxygen atoms in total. The summed E-state index contributed by atoms with van der Waals surface area (Å²) in [5, 5.41) is 0.777. The highest BCUT2D eigenvalue weighted by atomic mass is 32.1.